The van der Waals surface area contributed by atoms with Gasteiger partial charge in [-0.25, -0.2) is 8.42 Å². The van der Waals surface area contributed by atoms with Crippen LogP contribution in [0.4, 0.5) is 11.4 Å². The van der Waals surface area contributed by atoms with Gasteiger partial charge in [-0.2, -0.15) is 0 Å². The molecule has 0 saturated heterocycles. The average Bonchev–Trinajstić information content (AvgIpc) is 2.49. The number of ether oxygens (including phenoxy) is 1. The maximum atomic E-state index is 12.4. The molecule has 2 aromatic rings. The van der Waals surface area contributed by atoms with E-state index in [-0.39, 0.29) is 4.90 Å². The van der Waals surface area contributed by atoms with Gasteiger partial charge in [0, 0.05) is 17.4 Å². The minimum atomic E-state index is -3.61. The molecule has 0 atom stereocenters. The third kappa shape index (κ3) is 4.89. The second-order valence-electron chi connectivity index (χ2n) is 5.39. The van der Waals surface area contributed by atoms with Crippen LogP contribution in [0.5, 0.6) is 5.75 Å². The Bertz CT molecular complexity index is 723. The quantitative estimate of drug-likeness (QED) is 0.810. The van der Waals surface area contributed by atoms with E-state index in [0.717, 1.165) is 5.69 Å². The molecule has 2 N–H and O–H groups in total. The van der Waals surface area contributed by atoms with E-state index in [1.807, 2.05) is 32.9 Å². The van der Waals surface area contributed by atoms with E-state index in [2.05, 4.69) is 10.0 Å². The molecule has 0 saturated carbocycles. The van der Waals surface area contributed by atoms with E-state index in [0.29, 0.717) is 24.1 Å². The third-order valence-electron chi connectivity index (χ3n) is 3.04. The maximum absolute atomic E-state index is 12.4. The van der Waals surface area contributed by atoms with Gasteiger partial charge in [0.25, 0.3) is 10.0 Å². The van der Waals surface area contributed by atoms with Crippen molar-refractivity contribution >= 4 is 21.4 Å². The summed E-state index contributed by atoms with van der Waals surface area (Å²) in [5, 5.41) is 3.25. The molecule has 0 unspecified atom stereocenters. The zero-order chi connectivity index (χ0) is 16.9. The first-order valence-electron chi connectivity index (χ1n) is 7.53. The number of sulfonamides is 1. The zero-order valence-electron chi connectivity index (χ0n) is 13.5. The van der Waals surface area contributed by atoms with E-state index < -0.39 is 10.0 Å². The number of anilines is 2. The SMILES string of the molecule is CCOc1ccc(S(=O)(=O)Nc2ccc(NC(C)C)cc2)cc1. The van der Waals surface area contributed by atoms with Crippen molar-refractivity contribution in [2.75, 3.05) is 16.6 Å². The number of hydrogen-bond acceptors (Lipinski definition) is 4. The van der Waals surface area contributed by atoms with E-state index >= 15 is 0 Å². The van der Waals surface area contributed by atoms with Crippen LogP contribution in [-0.2, 0) is 10.0 Å². The molecular formula is C17H22N2O3S. The summed E-state index contributed by atoms with van der Waals surface area (Å²) >= 11 is 0. The summed E-state index contributed by atoms with van der Waals surface area (Å²) in [6.45, 7) is 6.51. The van der Waals surface area contributed by atoms with Gasteiger partial charge in [0.1, 0.15) is 5.75 Å². The molecule has 23 heavy (non-hydrogen) atoms. The van der Waals surface area contributed by atoms with Gasteiger partial charge in [-0.05, 0) is 69.3 Å². The molecule has 0 bridgehead atoms. The predicted molar refractivity (Wildman–Crippen MR) is 93.6 cm³/mol. The van der Waals surface area contributed by atoms with Gasteiger partial charge in [-0.15, -0.1) is 0 Å². The number of hydrogen-bond donors (Lipinski definition) is 2. The fraction of sp³-hybridized carbons (Fsp3) is 0.294. The van der Waals surface area contributed by atoms with E-state index in [1.165, 1.54) is 12.1 Å². The van der Waals surface area contributed by atoms with Crippen LogP contribution < -0.4 is 14.8 Å². The fourth-order valence-electron chi connectivity index (χ4n) is 2.06. The molecule has 6 heteroatoms. The molecule has 2 aromatic carbocycles. The Morgan fingerprint density at radius 1 is 0.957 bits per heavy atom. The Morgan fingerprint density at radius 2 is 1.52 bits per heavy atom. The summed E-state index contributed by atoms with van der Waals surface area (Å²) in [5.74, 6) is 0.649. The van der Waals surface area contributed by atoms with Crippen molar-refractivity contribution in [3.05, 3.63) is 48.5 Å². The van der Waals surface area contributed by atoms with E-state index in [4.69, 9.17) is 4.74 Å². The molecule has 0 spiro atoms. The Morgan fingerprint density at radius 3 is 2.04 bits per heavy atom. The molecule has 0 aliphatic heterocycles. The molecule has 0 radical (unpaired) electrons. The van der Waals surface area contributed by atoms with Crippen LogP contribution in [0.15, 0.2) is 53.4 Å². The lowest BCUT2D eigenvalue weighted by Crippen LogP contribution is -2.13. The van der Waals surface area contributed by atoms with Crippen LogP contribution >= 0.6 is 0 Å². The summed E-state index contributed by atoms with van der Waals surface area (Å²) in [5.41, 5.74) is 1.47. The summed E-state index contributed by atoms with van der Waals surface area (Å²) in [4.78, 5) is 0.199. The Hall–Kier alpha value is -2.21. The fourth-order valence-corrected chi connectivity index (χ4v) is 3.12. The molecule has 0 amide bonds. The molecule has 124 valence electrons. The molecule has 0 aliphatic rings. The van der Waals surface area contributed by atoms with Crippen LogP contribution in [0.3, 0.4) is 0 Å². The first-order chi connectivity index (χ1) is 10.9. The molecule has 5 nitrogen and oxygen atoms in total. The van der Waals surface area contributed by atoms with Gasteiger partial charge in [0.2, 0.25) is 0 Å². The van der Waals surface area contributed by atoms with Gasteiger partial charge in [0.15, 0.2) is 0 Å². The number of nitrogens with one attached hydrogen (secondary N) is 2. The summed E-state index contributed by atoms with van der Waals surface area (Å²) in [7, 11) is -3.61. The molecule has 0 aromatic heterocycles. The van der Waals surface area contributed by atoms with Crippen molar-refractivity contribution in [2.24, 2.45) is 0 Å². The standard InChI is InChI=1S/C17H22N2O3S/c1-4-22-16-9-11-17(12-10-16)23(20,21)19-15-7-5-14(6-8-15)18-13(2)3/h5-13,18-19H,4H2,1-3H3. The molecule has 0 aliphatic carbocycles. The van der Waals surface area contributed by atoms with Crippen molar-refractivity contribution in [1.29, 1.82) is 0 Å². The molecule has 2 rings (SSSR count). The predicted octanol–water partition coefficient (Wildman–Crippen LogP) is 3.71. The summed E-state index contributed by atoms with van der Waals surface area (Å²) in [6.07, 6.45) is 0. The Kier molecular flexibility index (Phi) is 5.50. The minimum absolute atomic E-state index is 0.199. The second-order valence-corrected chi connectivity index (χ2v) is 7.07. The molecule has 0 fully saturated rings. The smallest absolute Gasteiger partial charge is 0.261 e. The van der Waals surface area contributed by atoms with Crippen molar-refractivity contribution < 1.29 is 13.2 Å². The highest BCUT2D eigenvalue weighted by atomic mass is 32.2. The van der Waals surface area contributed by atoms with Crippen LogP contribution in [-0.4, -0.2) is 21.1 Å². The lowest BCUT2D eigenvalue weighted by atomic mass is 10.2. The van der Waals surface area contributed by atoms with Crippen LogP contribution in [0.25, 0.3) is 0 Å². The second kappa shape index (κ2) is 7.37. The highest BCUT2D eigenvalue weighted by Crippen LogP contribution is 2.20. The first-order valence-corrected chi connectivity index (χ1v) is 9.01. The lowest BCUT2D eigenvalue weighted by molar-refractivity contribution is 0.340. The van der Waals surface area contributed by atoms with Gasteiger partial charge >= 0.3 is 0 Å². The van der Waals surface area contributed by atoms with Crippen LogP contribution in [0.2, 0.25) is 0 Å². The number of rotatable bonds is 7. The van der Waals surface area contributed by atoms with Crippen molar-refractivity contribution in [1.82, 2.24) is 0 Å². The first kappa shape index (κ1) is 17.1. The molecular weight excluding hydrogens is 312 g/mol. The van der Waals surface area contributed by atoms with Crippen LogP contribution in [0, 0.1) is 0 Å². The van der Waals surface area contributed by atoms with Gasteiger partial charge in [0.05, 0.1) is 11.5 Å². The number of benzene rings is 2. The van der Waals surface area contributed by atoms with Crippen LogP contribution in [0.1, 0.15) is 20.8 Å². The largest absolute Gasteiger partial charge is 0.494 e. The topological polar surface area (TPSA) is 67.4 Å². The Labute approximate surface area is 137 Å². The zero-order valence-corrected chi connectivity index (χ0v) is 14.4. The Balaban J connectivity index is 2.11. The summed E-state index contributed by atoms with van der Waals surface area (Å²) in [6, 6.07) is 13.8. The van der Waals surface area contributed by atoms with Crippen molar-refractivity contribution in [3.8, 4) is 5.75 Å². The van der Waals surface area contributed by atoms with E-state index in [9.17, 15) is 8.42 Å². The molecule has 0 heterocycles. The average molecular weight is 334 g/mol. The van der Waals surface area contributed by atoms with Gasteiger partial charge < -0.3 is 10.1 Å². The van der Waals surface area contributed by atoms with E-state index in [1.54, 1.807) is 24.3 Å². The van der Waals surface area contributed by atoms with Crippen molar-refractivity contribution in [3.63, 3.8) is 0 Å². The van der Waals surface area contributed by atoms with Gasteiger partial charge in [-0.1, -0.05) is 0 Å². The normalized spacial score (nSPS) is 11.3. The highest BCUT2D eigenvalue weighted by Gasteiger charge is 2.14. The maximum Gasteiger partial charge on any atom is 0.261 e. The monoisotopic (exact) mass is 334 g/mol. The highest BCUT2D eigenvalue weighted by molar-refractivity contribution is 7.92. The third-order valence-corrected chi connectivity index (χ3v) is 4.43. The van der Waals surface area contributed by atoms with Crippen molar-refractivity contribution in [2.45, 2.75) is 31.7 Å². The minimum Gasteiger partial charge on any atom is -0.494 e. The summed E-state index contributed by atoms with van der Waals surface area (Å²) < 4.78 is 32.6. The lowest BCUT2D eigenvalue weighted by Gasteiger charge is -2.12. The van der Waals surface area contributed by atoms with Gasteiger partial charge in [-0.3, -0.25) is 4.72 Å².